The molecule has 0 fully saturated rings. The number of hydrogen-bond donors (Lipinski definition) is 2. The van der Waals surface area contributed by atoms with Crippen LogP contribution in [-0.4, -0.2) is 46.3 Å². The molecule has 2 rings (SSSR count). The minimum atomic E-state index is 0.00947. The van der Waals surface area contributed by atoms with E-state index in [1.54, 1.807) is 7.11 Å². The van der Waals surface area contributed by atoms with Crippen LogP contribution in [0, 0.1) is 0 Å². The van der Waals surface area contributed by atoms with Crippen LogP contribution in [0.2, 0.25) is 0 Å². The van der Waals surface area contributed by atoms with Crippen molar-refractivity contribution < 1.29 is 9.53 Å². The van der Waals surface area contributed by atoms with Gasteiger partial charge < -0.3 is 20.3 Å². The van der Waals surface area contributed by atoms with Crippen LogP contribution < -0.4 is 15.5 Å². The van der Waals surface area contributed by atoms with Crippen LogP contribution in [0.4, 0.5) is 11.4 Å². The summed E-state index contributed by atoms with van der Waals surface area (Å²) in [6.45, 7) is 2.47. The van der Waals surface area contributed by atoms with Gasteiger partial charge >= 0.3 is 0 Å². The Morgan fingerprint density at radius 2 is 2.35 bits per heavy atom. The molecule has 1 amide bonds. The number of aryl methyl sites for hydroxylation is 1. The van der Waals surface area contributed by atoms with E-state index in [0.717, 1.165) is 18.7 Å². The fraction of sp³-hybridized carbons (Fsp3) is 0.533. The third-order valence-electron chi connectivity index (χ3n) is 3.48. The van der Waals surface area contributed by atoms with Gasteiger partial charge in [-0.3, -0.25) is 4.79 Å². The molecule has 0 radical (unpaired) electrons. The number of likely N-dealkylation sites (N-methyl/N-ethyl adjacent to an activating group) is 1. The van der Waals surface area contributed by atoms with Gasteiger partial charge in [0.15, 0.2) is 0 Å². The molecule has 0 saturated heterocycles. The zero-order valence-corrected chi connectivity index (χ0v) is 12.2. The lowest BCUT2D eigenvalue weighted by atomic mass is 10.0. The second-order valence-corrected chi connectivity index (χ2v) is 5.07. The predicted octanol–water partition coefficient (Wildman–Crippen LogP) is 1.24. The lowest BCUT2D eigenvalue weighted by Gasteiger charge is -2.23. The maximum Gasteiger partial charge on any atom is 0.239 e. The number of methoxy groups -OCH3 is 1. The fourth-order valence-corrected chi connectivity index (χ4v) is 2.34. The van der Waals surface area contributed by atoms with Crippen molar-refractivity contribution in [1.82, 2.24) is 5.32 Å². The van der Waals surface area contributed by atoms with Gasteiger partial charge in [-0.15, -0.1) is 0 Å². The van der Waals surface area contributed by atoms with Crippen LogP contribution in [0.1, 0.15) is 12.0 Å². The number of nitrogens with one attached hydrogen (secondary N) is 2. The van der Waals surface area contributed by atoms with Crippen LogP contribution in [0.15, 0.2) is 18.2 Å². The number of anilines is 2. The predicted molar refractivity (Wildman–Crippen MR) is 81.4 cm³/mol. The average Bonchev–Trinajstić information content (AvgIpc) is 2.47. The van der Waals surface area contributed by atoms with Crippen molar-refractivity contribution >= 4 is 17.3 Å². The van der Waals surface area contributed by atoms with E-state index in [-0.39, 0.29) is 5.91 Å². The first-order chi connectivity index (χ1) is 9.70. The molecular weight excluding hydrogens is 254 g/mol. The molecule has 20 heavy (non-hydrogen) atoms. The number of carbonyl (C=O) groups is 1. The van der Waals surface area contributed by atoms with E-state index in [1.807, 2.05) is 11.9 Å². The van der Waals surface area contributed by atoms with Crippen molar-refractivity contribution in [1.29, 1.82) is 0 Å². The van der Waals surface area contributed by atoms with Crippen molar-refractivity contribution in [2.45, 2.75) is 12.8 Å². The second-order valence-electron chi connectivity index (χ2n) is 5.07. The van der Waals surface area contributed by atoms with Gasteiger partial charge in [0.2, 0.25) is 5.91 Å². The summed E-state index contributed by atoms with van der Waals surface area (Å²) in [6, 6.07) is 6.35. The molecule has 0 aromatic heterocycles. The summed E-state index contributed by atoms with van der Waals surface area (Å²) in [5, 5.41) is 6.23. The van der Waals surface area contributed by atoms with E-state index in [2.05, 4.69) is 28.8 Å². The lowest BCUT2D eigenvalue weighted by Crippen LogP contribution is -2.36. The number of amides is 1. The van der Waals surface area contributed by atoms with Crippen molar-refractivity contribution in [2.75, 3.05) is 50.6 Å². The Kier molecular flexibility index (Phi) is 5.24. The zero-order valence-electron chi connectivity index (χ0n) is 12.2. The molecule has 2 N–H and O–H groups in total. The standard InChI is InChI=1S/C15H23N3O2/c1-18(11-15(19)17-8-9-20-2)13-6-5-12-4-3-7-16-14(12)10-13/h5-6,10,16H,3-4,7-9,11H2,1-2H3,(H,17,19). The molecule has 0 unspecified atom stereocenters. The maximum absolute atomic E-state index is 11.8. The number of benzene rings is 1. The summed E-state index contributed by atoms with van der Waals surface area (Å²) in [5.74, 6) is 0.00947. The largest absolute Gasteiger partial charge is 0.385 e. The van der Waals surface area contributed by atoms with E-state index in [9.17, 15) is 4.79 Å². The Bertz CT molecular complexity index is 462. The Hall–Kier alpha value is -1.75. The third kappa shape index (κ3) is 3.87. The van der Waals surface area contributed by atoms with Crippen LogP contribution in [0.3, 0.4) is 0 Å². The molecule has 0 aliphatic carbocycles. The van der Waals surface area contributed by atoms with Gasteiger partial charge in [-0.25, -0.2) is 0 Å². The van der Waals surface area contributed by atoms with Crippen LogP contribution in [0.25, 0.3) is 0 Å². The van der Waals surface area contributed by atoms with Crippen molar-refractivity contribution in [3.05, 3.63) is 23.8 Å². The molecule has 0 bridgehead atoms. The number of carbonyl (C=O) groups excluding carboxylic acids is 1. The Balaban J connectivity index is 1.91. The van der Waals surface area contributed by atoms with E-state index in [0.29, 0.717) is 19.7 Å². The molecular formula is C15H23N3O2. The number of rotatable bonds is 6. The summed E-state index contributed by atoms with van der Waals surface area (Å²) in [7, 11) is 3.55. The second kappa shape index (κ2) is 7.14. The average molecular weight is 277 g/mol. The zero-order chi connectivity index (χ0) is 14.4. The van der Waals surface area contributed by atoms with Crippen molar-refractivity contribution in [2.24, 2.45) is 0 Å². The minimum Gasteiger partial charge on any atom is -0.385 e. The number of fused-ring (bicyclic) bond motifs is 1. The van der Waals surface area contributed by atoms with Gasteiger partial charge in [0.1, 0.15) is 0 Å². The van der Waals surface area contributed by atoms with Gasteiger partial charge in [0, 0.05) is 38.6 Å². The maximum atomic E-state index is 11.8. The molecule has 5 heteroatoms. The van der Waals surface area contributed by atoms with E-state index in [4.69, 9.17) is 4.74 Å². The highest BCUT2D eigenvalue weighted by atomic mass is 16.5. The van der Waals surface area contributed by atoms with Gasteiger partial charge in [-0.2, -0.15) is 0 Å². The molecule has 1 aliphatic rings. The third-order valence-corrected chi connectivity index (χ3v) is 3.48. The van der Waals surface area contributed by atoms with Crippen LogP contribution in [-0.2, 0) is 16.0 Å². The molecule has 1 aromatic rings. The first kappa shape index (κ1) is 14.7. The van der Waals surface area contributed by atoms with E-state index in [1.165, 1.54) is 17.7 Å². The normalized spacial score (nSPS) is 13.3. The van der Waals surface area contributed by atoms with Gasteiger partial charge in [-0.1, -0.05) is 6.07 Å². The van der Waals surface area contributed by atoms with Gasteiger partial charge in [-0.05, 0) is 30.5 Å². The smallest absolute Gasteiger partial charge is 0.239 e. The Labute approximate surface area is 120 Å². The number of ether oxygens (including phenoxy) is 1. The lowest BCUT2D eigenvalue weighted by molar-refractivity contribution is -0.119. The topological polar surface area (TPSA) is 53.6 Å². The SMILES string of the molecule is COCCNC(=O)CN(C)c1ccc2c(c1)NCCC2. The Morgan fingerprint density at radius 3 is 3.15 bits per heavy atom. The number of hydrogen-bond acceptors (Lipinski definition) is 4. The summed E-state index contributed by atoms with van der Waals surface area (Å²) in [5.41, 5.74) is 3.61. The number of nitrogens with zero attached hydrogens (tertiary/aromatic N) is 1. The van der Waals surface area contributed by atoms with Crippen molar-refractivity contribution in [3.8, 4) is 0 Å². The molecule has 0 spiro atoms. The highest BCUT2D eigenvalue weighted by Gasteiger charge is 2.12. The molecule has 0 saturated carbocycles. The van der Waals surface area contributed by atoms with Gasteiger partial charge in [0.05, 0.1) is 13.2 Å². The fourth-order valence-electron chi connectivity index (χ4n) is 2.34. The molecule has 1 aliphatic heterocycles. The highest BCUT2D eigenvalue weighted by molar-refractivity contribution is 5.81. The molecule has 5 nitrogen and oxygen atoms in total. The molecule has 110 valence electrons. The quantitative estimate of drug-likeness (QED) is 0.768. The van der Waals surface area contributed by atoms with Crippen LogP contribution in [0.5, 0.6) is 0 Å². The summed E-state index contributed by atoms with van der Waals surface area (Å²) >= 11 is 0. The van der Waals surface area contributed by atoms with Crippen LogP contribution >= 0.6 is 0 Å². The minimum absolute atomic E-state index is 0.00947. The highest BCUT2D eigenvalue weighted by Crippen LogP contribution is 2.26. The monoisotopic (exact) mass is 277 g/mol. The molecule has 1 heterocycles. The first-order valence-corrected chi connectivity index (χ1v) is 7.04. The summed E-state index contributed by atoms with van der Waals surface area (Å²) in [6.07, 6.45) is 2.31. The Morgan fingerprint density at radius 1 is 1.50 bits per heavy atom. The van der Waals surface area contributed by atoms with Crippen molar-refractivity contribution in [3.63, 3.8) is 0 Å². The molecule has 0 atom stereocenters. The van der Waals surface area contributed by atoms with E-state index < -0.39 is 0 Å². The summed E-state index contributed by atoms with van der Waals surface area (Å²) < 4.78 is 4.91. The summed E-state index contributed by atoms with van der Waals surface area (Å²) in [4.78, 5) is 13.7. The van der Waals surface area contributed by atoms with Gasteiger partial charge in [0.25, 0.3) is 0 Å². The molecule has 1 aromatic carbocycles. The van der Waals surface area contributed by atoms with E-state index >= 15 is 0 Å². The first-order valence-electron chi connectivity index (χ1n) is 7.04.